The van der Waals surface area contributed by atoms with Crippen molar-refractivity contribution >= 4 is 16.9 Å². The van der Waals surface area contributed by atoms with Gasteiger partial charge in [-0.3, -0.25) is 4.72 Å². The smallest absolute Gasteiger partial charge is 0.238 e. The first-order valence-electron chi connectivity index (χ1n) is 11.1. The average Bonchev–Trinajstić information content (AvgIpc) is 2.71. The lowest BCUT2D eigenvalue weighted by Crippen LogP contribution is -2.32. The van der Waals surface area contributed by atoms with Crippen LogP contribution in [0.4, 0.5) is 5.95 Å². The topological polar surface area (TPSA) is 90.1 Å². The summed E-state index contributed by atoms with van der Waals surface area (Å²) >= 11 is 0. The molecule has 0 aliphatic carbocycles. The van der Waals surface area contributed by atoms with E-state index >= 15 is 0 Å². The van der Waals surface area contributed by atoms with Gasteiger partial charge in [-0.05, 0) is 61.4 Å². The van der Waals surface area contributed by atoms with Gasteiger partial charge in [-0.15, -0.1) is 0 Å². The third kappa shape index (κ3) is 7.11. The lowest BCUT2D eigenvalue weighted by Gasteiger charge is -2.23. The quantitative estimate of drug-likeness (QED) is 0.467. The Morgan fingerprint density at radius 3 is 2.33 bits per heavy atom. The zero-order valence-corrected chi connectivity index (χ0v) is 21.1. The summed E-state index contributed by atoms with van der Waals surface area (Å²) in [5.74, 6) is 0.644. The fourth-order valence-corrected chi connectivity index (χ4v) is 4.67. The van der Waals surface area contributed by atoms with Crippen LogP contribution < -0.4 is 15.2 Å². The normalized spacial score (nSPS) is 13.4. The van der Waals surface area contributed by atoms with Gasteiger partial charge < -0.3 is 10.5 Å². The molecule has 176 valence electrons. The van der Waals surface area contributed by atoms with E-state index in [0.29, 0.717) is 23.1 Å². The molecule has 2 unspecified atom stereocenters. The second-order valence-electron chi connectivity index (χ2n) is 9.71. The Kier molecular flexibility index (Phi) is 7.87. The number of hydrogen-bond acceptors (Lipinski definition) is 5. The van der Waals surface area contributed by atoms with Gasteiger partial charge in [0, 0.05) is 17.7 Å². The van der Waals surface area contributed by atoms with Crippen molar-refractivity contribution in [2.24, 2.45) is 11.1 Å². The molecule has 6 nitrogen and oxygen atoms in total. The number of nitrogens with two attached hydrogens (primary N) is 1. The van der Waals surface area contributed by atoms with Crippen LogP contribution in [0, 0.1) is 26.2 Å². The monoisotopic (exact) mass is 466 g/mol. The largest absolute Gasteiger partial charge is 0.476 e. The first-order valence-corrected chi connectivity index (χ1v) is 12.3. The van der Waals surface area contributed by atoms with Crippen molar-refractivity contribution in [2.75, 3.05) is 11.3 Å². The molecule has 1 heterocycles. The number of rotatable bonds is 8. The summed E-state index contributed by atoms with van der Waals surface area (Å²) in [6, 6.07) is 15.3. The molecule has 3 aromatic rings. The van der Waals surface area contributed by atoms with Gasteiger partial charge in [0.1, 0.15) is 6.61 Å². The molecule has 33 heavy (non-hydrogen) atoms. The molecule has 0 amide bonds. The van der Waals surface area contributed by atoms with Crippen molar-refractivity contribution < 1.29 is 8.95 Å². The van der Waals surface area contributed by atoms with E-state index < -0.39 is 11.0 Å². The third-order valence-corrected chi connectivity index (χ3v) is 6.20. The molecule has 0 saturated carbocycles. The Labute approximate surface area is 199 Å². The molecule has 0 fully saturated rings. The van der Waals surface area contributed by atoms with Crippen molar-refractivity contribution in [2.45, 2.75) is 58.9 Å². The zero-order valence-electron chi connectivity index (χ0n) is 20.3. The van der Waals surface area contributed by atoms with Crippen molar-refractivity contribution in [3.8, 4) is 17.1 Å². The Bertz CT molecular complexity index is 1120. The van der Waals surface area contributed by atoms with Gasteiger partial charge >= 0.3 is 0 Å². The van der Waals surface area contributed by atoms with Crippen LogP contribution in [-0.4, -0.2) is 26.8 Å². The van der Waals surface area contributed by atoms with E-state index in [9.17, 15) is 4.21 Å². The maximum absolute atomic E-state index is 12.9. The molecule has 3 rings (SSSR count). The highest BCUT2D eigenvalue weighted by Gasteiger charge is 2.18. The van der Waals surface area contributed by atoms with Crippen molar-refractivity contribution in [1.82, 2.24) is 9.97 Å². The van der Waals surface area contributed by atoms with Gasteiger partial charge in [-0.2, -0.15) is 4.98 Å². The minimum absolute atomic E-state index is 0.106. The Morgan fingerprint density at radius 1 is 1.03 bits per heavy atom. The van der Waals surface area contributed by atoms with Crippen LogP contribution in [0.5, 0.6) is 5.88 Å². The number of aryl methyl sites for hydroxylation is 3. The van der Waals surface area contributed by atoms with Gasteiger partial charge in [0.15, 0.2) is 11.0 Å². The van der Waals surface area contributed by atoms with E-state index in [4.69, 9.17) is 10.5 Å². The summed E-state index contributed by atoms with van der Waals surface area (Å²) in [4.78, 5) is 9.81. The minimum Gasteiger partial charge on any atom is -0.476 e. The lowest BCUT2D eigenvalue weighted by molar-refractivity contribution is 0.235. The highest BCUT2D eigenvalue weighted by atomic mass is 32.2. The zero-order chi connectivity index (χ0) is 24.2. The van der Waals surface area contributed by atoms with E-state index in [1.807, 2.05) is 69.3 Å². The van der Waals surface area contributed by atoms with Crippen LogP contribution in [0.3, 0.4) is 0 Å². The molecule has 0 spiro atoms. The predicted octanol–water partition coefficient (Wildman–Crippen LogP) is 5.35. The molecule has 2 aromatic carbocycles. The molecule has 0 bridgehead atoms. The molecular weight excluding hydrogens is 432 g/mol. The summed E-state index contributed by atoms with van der Waals surface area (Å²) in [6.45, 7) is 12.8. The Balaban J connectivity index is 1.93. The molecule has 7 heteroatoms. The molecule has 2 atom stereocenters. The fraction of sp³-hybridized carbons (Fsp3) is 0.385. The highest BCUT2D eigenvalue weighted by molar-refractivity contribution is 7.86. The number of aromatic nitrogens is 2. The summed E-state index contributed by atoms with van der Waals surface area (Å²) in [7, 11) is -1.51. The van der Waals surface area contributed by atoms with Crippen LogP contribution >= 0.6 is 0 Å². The summed E-state index contributed by atoms with van der Waals surface area (Å²) in [5, 5.41) is 0. The van der Waals surface area contributed by atoms with Crippen molar-refractivity contribution in [3.63, 3.8) is 0 Å². The number of nitrogens with one attached hydrogen (secondary N) is 1. The number of ether oxygens (including phenoxy) is 1. The molecule has 0 saturated heterocycles. The standard InChI is InChI=1S/C26H34N4O2S/c1-17-9-7-12-21(13-17)33(31)30-25-28-22(24-18(2)10-8-11-19(24)3)14-23(29-25)32-16-20(27)15-26(4,5)6/h7-14,20H,15-16,27H2,1-6H3,(H,28,29,30). The SMILES string of the molecule is Cc1cccc(S(=O)Nc2nc(OCC(N)CC(C)(C)C)cc(-c3c(C)cccc3C)n2)c1. The fourth-order valence-electron chi connectivity index (χ4n) is 3.80. The van der Waals surface area contributed by atoms with E-state index in [2.05, 4.69) is 35.5 Å². The average molecular weight is 467 g/mol. The highest BCUT2D eigenvalue weighted by Crippen LogP contribution is 2.29. The minimum atomic E-state index is -1.51. The van der Waals surface area contributed by atoms with Crippen LogP contribution in [0.2, 0.25) is 0 Å². The summed E-state index contributed by atoms with van der Waals surface area (Å²) < 4.78 is 21.9. The van der Waals surface area contributed by atoms with E-state index in [0.717, 1.165) is 28.7 Å². The van der Waals surface area contributed by atoms with Gasteiger partial charge in [0.05, 0.1) is 10.6 Å². The van der Waals surface area contributed by atoms with Gasteiger partial charge in [-0.25, -0.2) is 9.19 Å². The van der Waals surface area contributed by atoms with Crippen molar-refractivity contribution in [1.29, 1.82) is 0 Å². The maximum atomic E-state index is 12.9. The number of anilines is 1. The van der Waals surface area contributed by atoms with Crippen LogP contribution in [0.15, 0.2) is 53.4 Å². The second-order valence-corrected chi connectivity index (χ2v) is 10.9. The first kappa shape index (κ1) is 24.9. The van der Waals surface area contributed by atoms with Gasteiger partial charge in [0.25, 0.3) is 0 Å². The molecule has 0 radical (unpaired) electrons. The first-order chi connectivity index (χ1) is 15.5. The molecule has 3 N–H and O–H groups in total. The van der Waals surface area contributed by atoms with Crippen LogP contribution in [-0.2, 0) is 11.0 Å². The number of nitrogens with zero attached hydrogens (tertiary/aromatic N) is 2. The summed E-state index contributed by atoms with van der Waals surface area (Å²) in [6.07, 6.45) is 0.824. The third-order valence-electron chi connectivity index (χ3n) is 5.15. The Hall–Kier alpha value is -2.77. The summed E-state index contributed by atoms with van der Waals surface area (Å²) in [5.41, 5.74) is 11.3. The lowest BCUT2D eigenvalue weighted by atomic mass is 9.89. The molecule has 0 aliphatic rings. The number of benzene rings is 2. The Morgan fingerprint density at radius 2 is 1.70 bits per heavy atom. The van der Waals surface area contributed by atoms with Crippen molar-refractivity contribution in [3.05, 3.63) is 65.2 Å². The molecular formula is C26H34N4O2S. The van der Waals surface area contributed by atoms with Gasteiger partial charge in [-0.1, -0.05) is 51.1 Å². The molecule has 0 aliphatic heterocycles. The van der Waals surface area contributed by atoms with E-state index in [1.165, 1.54) is 0 Å². The van der Waals surface area contributed by atoms with E-state index in [1.54, 1.807) is 0 Å². The van der Waals surface area contributed by atoms with E-state index in [-0.39, 0.29) is 17.4 Å². The maximum Gasteiger partial charge on any atom is 0.238 e. The van der Waals surface area contributed by atoms with Gasteiger partial charge in [0.2, 0.25) is 11.8 Å². The second kappa shape index (κ2) is 10.4. The predicted molar refractivity (Wildman–Crippen MR) is 136 cm³/mol. The van der Waals surface area contributed by atoms with Crippen LogP contribution in [0.25, 0.3) is 11.3 Å². The molecule has 1 aromatic heterocycles. The number of hydrogen-bond donors (Lipinski definition) is 2. The van der Waals surface area contributed by atoms with Crippen LogP contribution in [0.1, 0.15) is 43.9 Å².